The van der Waals surface area contributed by atoms with Crippen LogP contribution in [0.4, 0.5) is 0 Å². The maximum atomic E-state index is 2.57. The molecule has 0 heterocycles. The van der Waals surface area contributed by atoms with Gasteiger partial charge in [0.15, 0.2) is 0 Å². The molecule has 132 valence electrons. The molecule has 0 aromatic carbocycles. The molecule has 0 saturated heterocycles. The predicted molar refractivity (Wildman–Crippen MR) is 104 cm³/mol. The molecular weight excluding hydrogens is 276 g/mol. The summed E-state index contributed by atoms with van der Waals surface area (Å²) in [5.41, 5.74) is 1.68. The van der Waals surface area contributed by atoms with Crippen molar-refractivity contribution in [3.8, 4) is 0 Å². The summed E-state index contributed by atoms with van der Waals surface area (Å²) in [7, 11) is 0. The van der Waals surface area contributed by atoms with Gasteiger partial charge in [-0.1, -0.05) is 83.4 Å². The molecule has 0 amide bonds. The van der Waals surface area contributed by atoms with E-state index in [0.29, 0.717) is 0 Å². The summed E-state index contributed by atoms with van der Waals surface area (Å²) in [6.45, 7) is 4.61. The van der Waals surface area contributed by atoms with Gasteiger partial charge in [0.2, 0.25) is 0 Å². The lowest BCUT2D eigenvalue weighted by Gasteiger charge is -2.30. The standard InChI is InChI=1S/C23H40/c1-3-5-6-7-8-9-11-21-14-18-23(19-15-21)22-16-12-20(10-4-2)13-17-22/h12,16-17,20-21,23H,3-11,13-15,18-19H2,1-2H3. The molecule has 23 heavy (non-hydrogen) atoms. The fourth-order valence-corrected chi connectivity index (χ4v) is 4.57. The molecule has 0 N–H and O–H groups in total. The van der Waals surface area contributed by atoms with Crippen LogP contribution in [-0.4, -0.2) is 0 Å². The Labute approximate surface area is 145 Å². The molecule has 0 radical (unpaired) electrons. The first-order chi connectivity index (χ1) is 11.3. The van der Waals surface area contributed by atoms with Gasteiger partial charge < -0.3 is 0 Å². The SMILES string of the molecule is CCCCCCCCC1CCC(C2=CCC(CCC)C=C2)CC1. The Morgan fingerprint density at radius 2 is 1.57 bits per heavy atom. The van der Waals surface area contributed by atoms with Gasteiger partial charge in [-0.05, 0) is 61.9 Å². The summed E-state index contributed by atoms with van der Waals surface area (Å²) in [5, 5.41) is 0. The molecule has 0 heteroatoms. The van der Waals surface area contributed by atoms with Gasteiger partial charge >= 0.3 is 0 Å². The Hall–Kier alpha value is -0.520. The van der Waals surface area contributed by atoms with Crippen molar-refractivity contribution < 1.29 is 0 Å². The first-order valence-electron chi connectivity index (χ1n) is 10.7. The Morgan fingerprint density at radius 1 is 0.826 bits per heavy atom. The fourth-order valence-electron chi connectivity index (χ4n) is 4.57. The van der Waals surface area contributed by atoms with Gasteiger partial charge in [-0.15, -0.1) is 0 Å². The third kappa shape index (κ3) is 6.86. The Morgan fingerprint density at radius 3 is 2.22 bits per heavy atom. The molecule has 0 spiro atoms. The fraction of sp³-hybridized carbons (Fsp3) is 0.826. The first-order valence-corrected chi connectivity index (χ1v) is 10.7. The molecule has 1 atom stereocenters. The molecule has 0 aromatic heterocycles. The van der Waals surface area contributed by atoms with Crippen LogP contribution in [0, 0.1) is 17.8 Å². The van der Waals surface area contributed by atoms with E-state index in [2.05, 4.69) is 32.1 Å². The lowest BCUT2D eigenvalue weighted by atomic mass is 9.75. The summed E-state index contributed by atoms with van der Waals surface area (Å²) in [6.07, 6.45) is 27.6. The van der Waals surface area contributed by atoms with Crippen molar-refractivity contribution in [2.45, 2.75) is 104 Å². The smallest absolute Gasteiger partial charge is 0.0165 e. The van der Waals surface area contributed by atoms with Gasteiger partial charge in [-0.25, -0.2) is 0 Å². The zero-order chi connectivity index (χ0) is 16.3. The summed E-state index contributed by atoms with van der Waals surface area (Å²) in [4.78, 5) is 0. The number of rotatable bonds is 10. The predicted octanol–water partition coefficient (Wildman–Crippen LogP) is 7.85. The van der Waals surface area contributed by atoms with E-state index in [1.54, 1.807) is 5.57 Å². The van der Waals surface area contributed by atoms with Crippen LogP contribution in [0.25, 0.3) is 0 Å². The van der Waals surface area contributed by atoms with Crippen LogP contribution in [0.1, 0.15) is 104 Å². The largest absolute Gasteiger partial charge is 0.0808 e. The zero-order valence-electron chi connectivity index (χ0n) is 15.9. The molecule has 0 bridgehead atoms. The van der Waals surface area contributed by atoms with E-state index in [1.807, 2.05) is 0 Å². The highest BCUT2D eigenvalue weighted by Gasteiger charge is 2.23. The second kappa shape index (κ2) is 11.1. The Bertz CT molecular complexity index is 354. The van der Waals surface area contributed by atoms with Gasteiger partial charge in [0.1, 0.15) is 0 Å². The lowest BCUT2D eigenvalue weighted by Crippen LogP contribution is -2.17. The van der Waals surface area contributed by atoms with E-state index in [4.69, 9.17) is 0 Å². The van der Waals surface area contributed by atoms with Gasteiger partial charge in [0.05, 0.1) is 0 Å². The summed E-state index contributed by atoms with van der Waals surface area (Å²) < 4.78 is 0. The number of unbranched alkanes of at least 4 members (excludes halogenated alkanes) is 5. The van der Waals surface area contributed by atoms with Crippen LogP contribution in [0.2, 0.25) is 0 Å². The highest BCUT2D eigenvalue weighted by molar-refractivity contribution is 5.26. The summed E-state index contributed by atoms with van der Waals surface area (Å²) in [5.74, 6) is 2.75. The molecular formula is C23H40. The van der Waals surface area contributed by atoms with Crippen molar-refractivity contribution in [2.75, 3.05) is 0 Å². The van der Waals surface area contributed by atoms with Crippen molar-refractivity contribution in [1.29, 1.82) is 0 Å². The minimum Gasteiger partial charge on any atom is -0.0808 e. The average molecular weight is 317 g/mol. The highest BCUT2D eigenvalue weighted by atomic mass is 14.3. The second-order valence-electron chi connectivity index (χ2n) is 8.12. The van der Waals surface area contributed by atoms with Gasteiger partial charge in [-0.2, -0.15) is 0 Å². The summed E-state index contributed by atoms with van der Waals surface area (Å²) in [6, 6.07) is 0. The zero-order valence-corrected chi connectivity index (χ0v) is 15.9. The molecule has 2 aliphatic carbocycles. The molecule has 0 aliphatic heterocycles. The van der Waals surface area contributed by atoms with Crippen LogP contribution in [0.3, 0.4) is 0 Å². The normalized spacial score (nSPS) is 27.9. The molecule has 2 rings (SSSR count). The van der Waals surface area contributed by atoms with E-state index in [0.717, 1.165) is 17.8 Å². The maximum absolute atomic E-state index is 2.57. The molecule has 1 unspecified atom stereocenters. The van der Waals surface area contributed by atoms with E-state index in [-0.39, 0.29) is 0 Å². The van der Waals surface area contributed by atoms with E-state index in [9.17, 15) is 0 Å². The van der Waals surface area contributed by atoms with Crippen LogP contribution >= 0.6 is 0 Å². The summed E-state index contributed by atoms with van der Waals surface area (Å²) >= 11 is 0. The van der Waals surface area contributed by atoms with Gasteiger partial charge in [-0.3, -0.25) is 0 Å². The van der Waals surface area contributed by atoms with Crippen LogP contribution in [0.5, 0.6) is 0 Å². The third-order valence-electron chi connectivity index (χ3n) is 6.16. The Balaban J connectivity index is 1.58. The monoisotopic (exact) mass is 316 g/mol. The van der Waals surface area contributed by atoms with Crippen LogP contribution < -0.4 is 0 Å². The second-order valence-corrected chi connectivity index (χ2v) is 8.12. The first kappa shape index (κ1) is 18.8. The minimum atomic E-state index is 0.827. The van der Waals surface area contributed by atoms with Crippen molar-refractivity contribution in [1.82, 2.24) is 0 Å². The molecule has 2 aliphatic rings. The van der Waals surface area contributed by atoms with E-state index < -0.39 is 0 Å². The number of allylic oxidation sites excluding steroid dienone is 4. The van der Waals surface area contributed by atoms with Crippen molar-refractivity contribution in [2.24, 2.45) is 17.8 Å². The van der Waals surface area contributed by atoms with Crippen molar-refractivity contribution in [3.63, 3.8) is 0 Å². The van der Waals surface area contributed by atoms with Gasteiger partial charge in [0, 0.05) is 0 Å². The van der Waals surface area contributed by atoms with Crippen molar-refractivity contribution >= 4 is 0 Å². The topological polar surface area (TPSA) is 0 Å². The molecule has 1 saturated carbocycles. The molecule has 1 fully saturated rings. The highest BCUT2D eigenvalue weighted by Crippen LogP contribution is 2.38. The van der Waals surface area contributed by atoms with Gasteiger partial charge in [0.25, 0.3) is 0 Å². The van der Waals surface area contributed by atoms with E-state index in [1.165, 1.54) is 89.9 Å². The molecule has 0 nitrogen and oxygen atoms in total. The quantitative estimate of drug-likeness (QED) is 0.360. The van der Waals surface area contributed by atoms with Crippen LogP contribution in [0.15, 0.2) is 23.8 Å². The average Bonchev–Trinajstić information content (AvgIpc) is 2.60. The van der Waals surface area contributed by atoms with Crippen LogP contribution in [-0.2, 0) is 0 Å². The number of hydrogen-bond acceptors (Lipinski definition) is 0. The Kier molecular flexibility index (Phi) is 9.09. The molecule has 0 aromatic rings. The minimum absolute atomic E-state index is 0.827. The lowest BCUT2D eigenvalue weighted by molar-refractivity contribution is 0.282. The maximum Gasteiger partial charge on any atom is -0.0165 e. The third-order valence-corrected chi connectivity index (χ3v) is 6.16. The number of hydrogen-bond donors (Lipinski definition) is 0. The van der Waals surface area contributed by atoms with Crippen molar-refractivity contribution in [3.05, 3.63) is 23.8 Å². The van der Waals surface area contributed by atoms with E-state index >= 15 is 0 Å².